The number of benzene rings is 3. The molecule has 0 N–H and O–H groups in total. The highest BCUT2D eigenvalue weighted by Crippen LogP contribution is 2.49. The first-order chi connectivity index (χ1) is 18.9. The zero-order chi connectivity index (χ0) is 27.3. The smallest absolute Gasteiger partial charge is 0.254 e. The lowest BCUT2D eigenvalue weighted by Crippen LogP contribution is -2.57. The van der Waals surface area contributed by atoms with Crippen molar-refractivity contribution < 1.29 is 19.1 Å². The summed E-state index contributed by atoms with van der Waals surface area (Å²) in [5, 5.41) is 0. The van der Waals surface area contributed by atoms with Crippen LogP contribution < -0.4 is 14.4 Å². The molecule has 3 atom stereocenters. The number of amides is 2. The minimum Gasteiger partial charge on any atom is -0.493 e. The van der Waals surface area contributed by atoms with Gasteiger partial charge in [0.05, 0.1) is 26.2 Å². The quantitative estimate of drug-likeness (QED) is 0.499. The molecule has 3 aromatic rings. The zero-order valence-corrected chi connectivity index (χ0v) is 23.0. The molecule has 3 aromatic carbocycles. The van der Waals surface area contributed by atoms with E-state index in [1.807, 2.05) is 28.0 Å². The maximum absolute atomic E-state index is 14.6. The van der Waals surface area contributed by atoms with Crippen molar-refractivity contribution in [2.75, 3.05) is 45.3 Å². The van der Waals surface area contributed by atoms with Crippen LogP contribution in [0.5, 0.6) is 11.5 Å². The van der Waals surface area contributed by atoms with Crippen molar-refractivity contribution in [3.63, 3.8) is 0 Å². The highest BCUT2D eigenvalue weighted by Gasteiger charge is 2.48. The Hall–Kier alpha value is -4.00. The number of hydrogen-bond acceptors (Lipinski definition) is 5. The van der Waals surface area contributed by atoms with Crippen molar-refractivity contribution >= 4 is 17.5 Å². The van der Waals surface area contributed by atoms with Crippen LogP contribution in [0.4, 0.5) is 5.69 Å². The summed E-state index contributed by atoms with van der Waals surface area (Å²) in [5.41, 5.74) is 5.91. The van der Waals surface area contributed by atoms with Gasteiger partial charge in [0, 0.05) is 43.5 Å². The van der Waals surface area contributed by atoms with Crippen LogP contribution in [0.25, 0.3) is 0 Å². The van der Waals surface area contributed by atoms with Gasteiger partial charge in [-0.05, 0) is 66.8 Å². The van der Waals surface area contributed by atoms with E-state index in [9.17, 15) is 9.59 Å². The van der Waals surface area contributed by atoms with Gasteiger partial charge in [0.2, 0.25) is 5.91 Å². The molecule has 202 valence electrons. The minimum absolute atomic E-state index is 0.0541. The Morgan fingerprint density at radius 3 is 2.38 bits per heavy atom. The van der Waals surface area contributed by atoms with Crippen LogP contribution in [0.3, 0.4) is 0 Å². The number of methoxy groups -OCH3 is 2. The summed E-state index contributed by atoms with van der Waals surface area (Å²) in [6, 6.07) is 20.1. The number of aryl methyl sites for hydroxylation is 1. The van der Waals surface area contributed by atoms with Crippen molar-refractivity contribution in [2.45, 2.75) is 38.3 Å². The molecule has 1 saturated heterocycles. The van der Waals surface area contributed by atoms with Gasteiger partial charge >= 0.3 is 0 Å². The molecule has 0 unspecified atom stereocenters. The van der Waals surface area contributed by atoms with Gasteiger partial charge in [-0.3, -0.25) is 9.59 Å². The van der Waals surface area contributed by atoms with Crippen molar-refractivity contribution in [3.05, 3.63) is 88.5 Å². The number of ether oxygens (including phenoxy) is 2. The molecular formula is C32H35N3O4. The molecular weight excluding hydrogens is 490 g/mol. The summed E-state index contributed by atoms with van der Waals surface area (Å²) in [7, 11) is 3.15. The van der Waals surface area contributed by atoms with Crippen LogP contribution in [0.2, 0.25) is 0 Å². The van der Waals surface area contributed by atoms with Gasteiger partial charge in [0.25, 0.3) is 5.91 Å². The van der Waals surface area contributed by atoms with Crippen LogP contribution in [-0.2, 0) is 11.2 Å². The molecule has 7 nitrogen and oxygen atoms in total. The maximum atomic E-state index is 14.6. The van der Waals surface area contributed by atoms with Crippen molar-refractivity contribution in [1.82, 2.24) is 9.80 Å². The van der Waals surface area contributed by atoms with Gasteiger partial charge in [0.15, 0.2) is 11.5 Å². The van der Waals surface area contributed by atoms with Crippen molar-refractivity contribution in [1.29, 1.82) is 0 Å². The molecule has 6 rings (SSSR count). The van der Waals surface area contributed by atoms with Crippen LogP contribution in [0.1, 0.15) is 51.5 Å². The molecule has 0 saturated carbocycles. The number of carbonyl (C=O) groups is 2. The van der Waals surface area contributed by atoms with E-state index in [1.165, 1.54) is 16.8 Å². The fourth-order valence-corrected chi connectivity index (χ4v) is 6.66. The van der Waals surface area contributed by atoms with Crippen LogP contribution in [0, 0.1) is 6.92 Å². The van der Waals surface area contributed by atoms with E-state index in [0.29, 0.717) is 36.7 Å². The highest BCUT2D eigenvalue weighted by atomic mass is 16.5. The zero-order valence-electron chi connectivity index (χ0n) is 23.0. The third kappa shape index (κ3) is 4.20. The predicted molar refractivity (Wildman–Crippen MR) is 151 cm³/mol. The number of fused-ring (bicyclic) bond motifs is 4. The van der Waals surface area contributed by atoms with Gasteiger partial charge in [-0.15, -0.1) is 0 Å². The standard InChI is InChI=1S/C32H35N3O4/c1-20-8-7-10-23(16-20)34-15-14-33(19-21(34)2)32(37)29-25-17-27(38-3)28(39-4)18-26(25)31(36)35-13-12-22-9-5-6-11-24(22)30(29)35/h5-11,16-18,21,29-30H,12-15,19H2,1-4H3/t21-,29-,30-/m0/s1. The predicted octanol–water partition coefficient (Wildman–Crippen LogP) is 4.59. The van der Waals surface area contributed by atoms with E-state index in [4.69, 9.17) is 9.47 Å². The second-order valence-electron chi connectivity index (χ2n) is 10.8. The summed E-state index contributed by atoms with van der Waals surface area (Å²) < 4.78 is 11.2. The Morgan fingerprint density at radius 2 is 1.64 bits per heavy atom. The molecule has 3 aliphatic rings. The summed E-state index contributed by atoms with van der Waals surface area (Å²) in [5.74, 6) is 0.478. The monoisotopic (exact) mass is 525 g/mol. The maximum Gasteiger partial charge on any atom is 0.254 e. The van der Waals surface area contributed by atoms with E-state index >= 15 is 0 Å². The summed E-state index contributed by atoms with van der Waals surface area (Å²) >= 11 is 0. The van der Waals surface area contributed by atoms with Crippen molar-refractivity contribution in [3.8, 4) is 11.5 Å². The number of rotatable bonds is 4. The fourth-order valence-electron chi connectivity index (χ4n) is 6.66. The van der Waals surface area contributed by atoms with Crippen LogP contribution >= 0.6 is 0 Å². The first kappa shape index (κ1) is 25.3. The van der Waals surface area contributed by atoms with E-state index in [2.05, 4.69) is 55.1 Å². The lowest BCUT2D eigenvalue weighted by atomic mass is 9.75. The normalized spacial score (nSPS) is 22.1. The SMILES string of the molecule is COc1cc2c(cc1OC)[C@H](C(=O)N1CCN(c3cccc(C)c3)[C@@H](C)C1)[C@@H]1c3ccccc3CCN1C2=O. The molecule has 39 heavy (non-hydrogen) atoms. The molecule has 3 aliphatic heterocycles. The largest absolute Gasteiger partial charge is 0.493 e. The molecule has 0 spiro atoms. The number of piperazine rings is 1. The second kappa shape index (κ2) is 9.95. The van der Waals surface area contributed by atoms with Gasteiger partial charge in [0.1, 0.15) is 0 Å². The lowest BCUT2D eigenvalue weighted by molar-refractivity contribution is -0.135. The molecule has 3 heterocycles. The molecule has 0 aliphatic carbocycles. The molecule has 7 heteroatoms. The fraction of sp³-hybridized carbons (Fsp3) is 0.375. The molecule has 0 aromatic heterocycles. The average Bonchev–Trinajstić information content (AvgIpc) is 2.96. The Balaban J connectivity index is 1.41. The number of anilines is 1. The molecule has 0 bridgehead atoms. The summed E-state index contributed by atoms with van der Waals surface area (Å²) in [6.45, 7) is 6.86. The van der Waals surface area contributed by atoms with E-state index in [0.717, 1.165) is 24.1 Å². The van der Waals surface area contributed by atoms with E-state index in [-0.39, 0.29) is 23.9 Å². The highest BCUT2D eigenvalue weighted by molar-refractivity contribution is 6.02. The first-order valence-corrected chi connectivity index (χ1v) is 13.7. The van der Waals surface area contributed by atoms with Crippen molar-refractivity contribution in [2.24, 2.45) is 0 Å². The first-order valence-electron chi connectivity index (χ1n) is 13.7. The Morgan fingerprint density at radius 1 is 0.872 bits per heavy atom. The molecule has 2 amide bonds. The molecule has 1 fully saturated rings. The third-order valence-corrected chi connectivity index (χ3v) is 8.57. The van der Waals surface area contributed by atoms with Crippen LogP contribution in [-0.4, -0.2) is 68.1 Å². The number of carbonyl (C=O) groups excluding carboxylic acids is 2. The summed E-state index contributed by atoms with van der Waals surface area (Å²) in [6.07, 6.45) is 0.772. The van der Waals surface area contributed by atoms with Gasteiger partial charge in [-0.25, -0.2) is 0 Å². The van der Waals surface area contributed by atoms with Gasteiger partial charge in [-0.2, -0.15) is 0 Å². The average molecular weight is 526 g/mol. The van der Waals surface area contributed by atoms with Crippen LogP contribution in [0.15, 0.2) is 60.7 Å². The summed E-state index contributed by atoms with van der Waals surface area (Å²) in [4.78, 5) is 34.7. The number of hydrogen-bond donors (Lipinski definition) is 0. The Kier molecular flexibility index (Phi) is 6.45. The van der Waals surface area contributed by atoms with E-state index < -0.39 is 5.92 Å². The third-order valence-electron chi connectivity index (χ3n) is 8.57. The topological polar surface area (TPSA) is 62.3 Å². The second-order valence-corrected chi connectivity index (χ2v) is 10.8. The Bertz CT molecular complexity index is 1440. The Labute approximate surface area is 229 Å². The van der Waals surface area contributed by atoms with Gasteiger partial charge < -0.3 is 24.2 Å². The lowest BCUT2D eigenvalue weighted by Gasteiger charge is -2.48. The minimum atomic E-state index is -0.531. The number of nitrogens with zero attached hydrogens (tertiary/aromatic N) is 3. The van der Waals surface area contributed by atoms with E-state index in [1.54, 1.807) is 20.3 Å². The van der Waals surface area contributed by atoms with Gasteiger partial charge in [-0.1, -0.05) is 36.4 Å². The molecule has 0 radical (unpaired) electrons.